The van der Waals surface area contributed by atoms with Crippen molar-refractivity contribution in [3.8, 4) is 0 Å². The minimum Gasteiger partial charge on any atom is -0.314 e. The molecule has 0 saturated carbocycles. The Hall–Kier alpha value is -2.23. The summed E-state index contributed by atoms with van der Waals surface area (Å²) in [6.45, 7) is 0.572. The molecule has 1 aromatic heterocycles. The minimum absolute atomic E-state index is 0.279. The molecule has 1 atom stereocenters. The molecule has 2 aliphatic heterocycles. The van der Waals surface area contributed by atoms with E-state index >= 15 is 0 Å². The van der Waals surface area contributed by atoms with E-state index < -0.39 is 22.5 Å². The molecule has 0 aliphatic carbocycles. The highest BCUT2D eigenvalue weighted by molar-refractivity contribution is 7.80. The van der Waals surface area contributed by atoms with E-state index in [4.69, 9.17) is 4.55 Å². The molecule has 1 fully saturated rings. The Bertz CT molecular complexity index is 898. The van der Waals surface area contributed by atoms with E-state index in [-0.39, 0.29) is 6.54 Å². The first-order valence-electron chi connectivity index (χ1n) is 6.56. The number of carbonyl (C=O) groups is 1. The average Bonchev–Trinajstić information content (AvgIpc) is 2.70. The quantitative estimate of drug-likeness (QED) is 0.836. The maximum atomic E-state index is 12.2. The molecule has 1 N–H and O–H groups in total. The number of nitrogens with zero attached hydrogens (tertiary/aromatic N) is 3. The van der Waals surface area contributed by atoms with Crippen LogP contribution in [0, 0.1) is 0 Å². The van der Waals surface area contributed by atoms with Gasteiger partial charge in [-0.05, 0) is 12.1 Å². The predicted molar refractivity (Wildman–Crippen MR) is 74.8 cm³/mol. The number of aromatic nitrogens is 1. The number of benzene rings is 1. The predicted octanol–water partition coefficient (Wildman–Crippen LogP) is 1.26. The topological polar surface area (TPSA) is 100 Å². The summed E-state index contributed by atoms with van der Waals surface area (Å²) in [6, 6.07) is 8.16. The van der Waals surface area contributed by atoms with Gasteiger partial charge in [0, 0.05) is 10.9 Å². The Morgan fingerprint density at radius 2 is 2.09 bits per heavy atom. The zero-order valence-electron chi connectivity index (χ0n) is 11.2. The third kappa shape index (κ3) is 2.02. The Labute approximate surface area is 125 Å². The molecule has 9 heteroatoms. The lowest BCUT2D eigenvalue weighted by molar-refractivity contribution is -0.0316. The van der Waals surface area contributed by atoms with Crippen LogP contribution in [0.1, 0.15) is 17.3 Å². The fraction of sp³-hybridized carbons (Fsp3) is 0.231. The Morgan fingerprint density at radius 3 is 2.86 bits per heavy atom. The minimum atomic E-state index is -4.77. The van der Waals surface area contributed by atoms with Crippen molar-refractivity contribution in [2.75, 3.05) is 6.54 Å². The first-order valence-corrected chi connectivity index (χ1v) is 7.92. The summed E-state index contributed by atoms with van der Waals surface area (Å²) >= 11 is 0. The van der Waals surface area contributed by atoms with Crippen LogP contribution in [0.5, 0.6) is 0 Å². The Kier molecular flexibility index (Phi) is 2.68. The van der Waals surface area contributed by atoms with Gasteiger partial charge in [0.25, 0.3) is 0 Å². The van der Waals surface area contributed by atoms with E-state index in [9.17, 15) is 13.2 Å². The van der Waals surface area contributed by atoms with Gasteiger partial charge in [-0.2, -0.15) is 13.5 Å². The number of rotatable bonds is 2. The first kappa shape index (κ1) is 13.4. The molecule has 1 saturated heterocycles. The molecular weight excluding hydrogens is 310 g/mol. The van der Waals surface area contributed by atoms with E-state index in [2.05, 4.69) is 9.27 Å². The van der Waals surface area contributed by atoms with Crippen LogP contribution in [0.4, 0.5) is 4.79 Å². The lowest BCUT2D eigenvalue weighted by Gasteiger charge is -2.24. The second-order valence-corrected chi connectivity index (χ2v) is 6.23. The fourth-order valence-electron chi connectivity index (χ4n) is 2.94. The van der Waals surface area contributed by atoms with Gasteiger partial charge in [0.15, 0.2) is 0 Å². The number of hydrogen-bond donors (Lipinski definition) is 1. The van der Waals surface area contributed by atoms with Crippen molar-refractivity contribution < 1.29 is 22.0 Å². The lowest BCUT2D eigenvalue weighted by Crippen LogP contribution is -2.32. The van der Waals surface area contributed by atoms with E-state index in [1.165, 1.54) is 4.90 Å². The smallest absolute Gasteiger partial charge is 0.314 e. The molecule has 22 heavy (non-hydrogen) atoms. The molecule has 1 unspecified atom stereocenters. The number of urea groups is 1. The van der Waals surface area contributed by atoms with Crippen molar-refractivity contribution in [3.05, 3.63) is 41.6 Å². The van der Waals surface area contributed by atoms with Gasteiger partial charge in [0.2, 0.25) is 0 Å². The number of hydroxylamine groups is 2. The second-order valence-electron chi connectivity index (χ2n) is 5.22. The van der Waals surface area contributed by atoms with Gasteiger partial charge >= 0.3 is 16.4 Å². The maximum Gasteiger partial charge on any atom is 0.418 e. The summed E-state index contributed by atoms with van der Waals surface area (Å²) in [4.78, 5) is 18.1. The average molecular weight is 321 g/mol. The summed E-state index contributed by atoms with van der Waals surface area (Å²) in [7, 11) is -4.77. The van der Waals surface area contributed by atoms with Crippen LogP contribution in [-0.4, -0.2) is 40.5 Å². The van der Waals surface area contributed by atoms with Crippen LogP contribution >= 0.6 is 0 Å². The van der Waals surface area contributed by atoms with Crippen molar-refractivity contribution in [2.24, 2.45) is 0 Å². The lowest BCUT2D eigenvalue weighted by atomic mass is 9.99. The summed E-state index contributed by atoms with van der Waals surface area (Å²) in [6.07, 6.45) is 0. The molecule has 1 aromatic carbocycles. The molecule has 114 valence electrons. The van der Waals surface area contributed by atoms with Crippen LogP contribution in [0.2, 0.25) is 0 Å². The monoisotopic (exact) mass is 321 g/mol. The summed E-state index contributed by atoms with van der Waals surface area (Å²) in [5, 5.41) is 1.58. The highest BCUT2D eigenvalue weighted by Gasteiger charge is 2.46. The third-order valence-electron chi connectivity index (χ3n) is 3.85. The molecule has 3 heterocycles. The van der Waals surface area contributed by atoms with E-state index in [0.29, 0.717) is 17.3 Å². The fourth-order valence-corrected chi connectivity index (χ4v) is 3.31. The van der Waals surface area contributed by atoms with Gasteiger partial charge in [0.05, 0.1) is 24.3 Å². The van der Waals surface area contributed by atoms with Gasteiger partial charge < -0.3 is 4.90 Å². The number of para-hydroxylation sites is 1. The van der Waals surface area contributed by atoms with Crippen molar-refractivity contribution in [1.29, 1.82) is 0 Å². The van der Waals surface area contributed by atoms with Crippen LogP contribution in [-0.2, 0) is 21.2 Å². The van der Waals surface area contributed by atoms with Crippen LogP contribution in [0.3, 0.4) is 0 Å². The number of pyridine rings is 1. The molecule has 0 radical (unpaired) electrons. The molecule has 2 aliphatic rings. The number of carbonyl (C=O) groups excluding carboxylic acids is 1. The number of amides is 2. The van der Waals surface area contributed by atoms with Gasteiger partial charge in [-0.1, -0.05) is 18.2 Å². The highest BCUT2D eigenvalue weighted by Crippen LogP contribution is 2.38. The Morgan fingerprint density at radius 1 is 1.32 bits per heavy atom. The van der Waals surface area contributed by atoms with Crippen molar-refractivity contribution in [3.63, 3.8) is 0 Å². The standard InChI is InChI=1S/C13H11N3O5S/c17-13-15-6-11-9(5-8-3-1-2-4-10(8)14-11)12(7-15)16(13)21-22(18,19)20/h1-5,12H,6-7H2,(H,18,19,20). The molecule has 2 bridgehead atoms. The van der Waals surface area contributed by atoms with Gasteiger partial charge in [-0.15, -0.1) is 4.28 Å². The SMILES string of the molecule is O=C1N2Cc3nc4ccccc4cc3C(C2)N1OS(=O)(=O)O. The first-order chi connectivity index (χ1) is 10.4. The molecule has 2 aromatic rings. The molecular formula is C13H11N3O5S. The normalized spacial score (nSPS) is 20.6. The summed E-state index contributed by atoms with van der Waals surface area (Å²) in [5.74, 6) is 0. The molecule has 8 nitrogen and oxygen atoms in total. The summed E-state index contributed by atoms with van der Waals surface area (Å²) in [5.41, 5.74) is 2.23. The van der Waals surface area contributed by atoms with Gasteiger partial charge in [0.1, 0.15) is 6.04 Å². The third-order valence-corrected chi connectivity index (χ3v) is 4.19. The molecule has 0 spiro atoms. The van der Waals surface area contributed by atoms with E-state index in [1.807, 2.05) is 30.3 Å². The maximum absolute atomic E-state index is 12.2. The van der Waals surface area contributed by atoms with Crippen LogP contribution < -0.4 is 0 Å². The summed E-state index contributed by atoms with van der Waals surface area (Å²) < 4.78 is 35.2. The van der Waals surface area contributed by atoms with Gasteiger partial charge in [-0.3, -0.25) is 9.54 Å². The zero-order valence-corrected chi connectivity index (χ0v) is 12.0. The van der Waals surface area contributed by atoms with Crippen LogP contribution in [0.15, 0.2) is 30.3 Å². The van der Waals surface area contributed by atoms with E-state index in [0.717, 1.165) is 16.5 Å². The number of hydrogen-bond acceptors (Lipinski definition) is 5. The molecule has 2 amide bonds. The van der Waals surface area contributed by atoms with Crippen LogP contribution in [0.25, 0.3) is 10.9 Å². The Balaban J connectivity index is 1.84. The zero-order chi connectivity index (χ0) is 15.5. The highest BCUT2D eigenvalue weighted by atomic mass is 32.3. The van der Waals surface area contributed by atoms with E-state index in [1.54, 1.807) is 0 Å². The second kappa shape index (κ2) is 4.38. The number of fused-ring (bicyclic) bond motifs is 5. The van der Waals surface area contributed by atoms with Crippen molar-refractivity contribution in [2.45, 2.75) is 12.6 Å². The van der Waals surface area contributed by atoms with Crippen molar-refractivity contribution in [1.82, 2.24) is 14.9 Å². The largest absolute Gasteiger partial charge is 0.418 e. The van der Waals surface area contributed by atoms with Crippen molar-refractivity contribution >= 4 is 27.3 Å². The molecule has 4 rings (SSSR count). The van der Waals surface area contributed by atoms with Gasteiger partial charge in [-0.25, -0.2) is 4.79 Å².